The summed E-state index contributed by atoms with van der Waals surface area (Å²) in [5.74, 6) is 0.133. The molecule has 1 aromatic carbocycles. The van der Waals surface area contributed by atoms with Gasteiger partial charge in [0.15, 0.2) is 0 Å². The predicted octanol–water partition coefficient (Wildman–Crippen LogP) is 5.24. The van der Waals surface area contributed by atoms with Gasteiger partial charge < -0.3 is 11.1 Å². The number of para-hydroxylation sites is 1. The van der Waals surface area contributed by atoms with Crippen molar-refractivity contribution >= 4 is 11.6 Å². The van der Waals surface area contributed by atoms with Crippen LogP contribution in [0.3, 0.4) is 0 Å². The Morgan fingerprint density at radius 1 is 0.917 bits per heavy atom. The summed E-state index contributed by atoms with van der Waals surface area (Å²) in [7, 11) is 0. The third-order valence-corrected chi connectivity index (χ3v) is 4.53. The third kappa shape index (κ3) is 10.3. The Bertz CT molecular complexity index is 445. The molecule has 0 fully saturated rings. The van der Waals surface area contributed by atoms with Crippen molar-refractivity contribution in [3.63, 3.8) is 0 Å². The van der Waals surface area contributed by atoms with Crippen LogP contribution in [0.25, 0.3) is 0 Å². The van der Waals surface area contributed by atoms with E-state index in [1.54, 1.807) is 0 Å². The summed E-state index contributed by atoms with van der Waals surface area (Å²) >= 11 is 0. The number of nitrogens with one attached hydrogen (secondary N) is 1. The van der Waals surface area contributed by atoms with Gasteiger partial charge in [0.25, 0.3) is 0 Å². The average molecular weight is 333 g/mol. The van der Waals surface area contributed by atoms with Crippen molar-refractivity contribution in [2.24, 2.45) is 0 Å². The second kappa shape index (κ2) is 13.9. The highest BCUT2D eigenvalue weighted by Gasteiger charge is 2.03. The van der Waals surface area contributed by atoms with E-state index in [9.17, 15) is 4.79 Å². The van der Waals surface area contributed by atoms with Crippen LogP contribution in [0.1, 0.15) is 83.1 Å². The normalized spacial score (nSPS) is 10.7. The maximum Gasteiger partial charge on any atom is 0.220 e. The molecular formula is C21H36N2O. The van der Waals surface area contributed by atoms with Crippen molar-refractivity contribution in [2.75, 3.05) is 12.3 Å². The zero-order valence-electron chi connectivity index (χ0n) is 15.5. The SMILES string of the molecule is CCCCCCCCCCCCNC(=O)CCc1ccccc1N. The van der Waals surface area contributed by atoms with Crippen molar-refractivity contribution in [3.8, 4) is 0 Å². The number of anilines is 1. The molecule has 1 aromatic rings. The first-order chi connectivity index (χ1) is 11.7. The topological polar surface area (TPSA) is 55.1 Å². The maximum absolute atomic E-state index is 11.8. The van der Waals surface area contributed by atoms with Crippen molar-refractivity contribution < 1.29 is 4.79 Å². The summed E-state index contributed by atoms with van der Waals surface area (Å²) in [6.07, 6.45) is 14.5. The van der Waals surface area contributed by atoms with Crippen molar-refractivity contribution in [2.45, 2.75) is 84.0 Å². The molecule has 0 aromatic heterocycles. The Labute approximate surface area is 148 Å². The molecule has 3 nitrogen and oxygen atoms in total. The lowest BCUT2D eigenvalue weighted by molar-refractivity contribution is -0.121. The Hall–Kier alpha value is -1.51. The van der Waals surface area contributed by atoms with E-state index in [1.807, 2.05) is 24.3 Å². The fourth-order valence-electron chi connectivity index (χ4n) is 2.94. The number of benzene rings is 1. The van der Waals surface area contributed by atoms with E-state index in [0.717, 1.165) is 30.6 Å². The zero-order chi connectivity index (χ0) is 17.5. The number of rotatable bonds is 14. The van der Waals surface area contributed by atoms with Crippen molar-refractivity contribution in [1.82, 2.24) is 5.32 Å². The van der Waals surface area contributed by atoms with Crippen LogP contribution in [0.4, 0.5) is 5.69 Å². The quantitative estimate of drug-likeness (QED) is 0.361. The van der Waals surface area contributed by atoms with E-state index < -0.39 is 0 Å². The van der Waals surface area contributed by atoms with Gasteiger partial charge in [-0.3, -0.25) is 4.79 Å². The van der Waals surface area contributed by atoms with E-state index in [-0.39, 0.29) is 5.91 Å². The summed E-state index contributed by atoms with van der Waals surface area (Å²) in [6.45, 7) is 3.06. The minimum Gasteiger partial charge on any atom is -0.399 e. The van der Waals surface area contributed by atoms with E-state index in [2.05, 4.69) is 12.2 Å². The van der Waals surface area contributed by atoms with Gasteiger partial charge in [0, 0.05) is 18.7 Å². The summed E-state index contributed by atoms with van der Waals surface area (Å²) < 4.78 is 0. The lowest BCUT2D eigenvalue weighted by Gasteiger charge is -2.07. The van der Waals surface area contributed by atoms with Crippen LogP contribution in [0, 0.1) is 0 Å². The highest BCUT2D eigenvalue weighted by molar-refractivity contribution is 5.76. The van der Waals surface area contributed by atoms with Crippen LogP contribution >= 0.6 is 0 Å². The lowest BCUT2D eigenvalue weighted by atomic mass is 10.1. The highest BCUT2D eigenvalue weighted by atomic mass is 16.1. The molecule has 3 heteroatoms. The van der Waals surface area contributed by atoms with Crippen LogP contribution in [0.2, 0.25) is 0 Å². The fraction of sp³-hybridized carbons (Fsp3) is 0.667. The molecule has 1 amide bonds. The van der Waals surface area contributed by atoms with Gasteiger partial charge in [-0.2, -0.15) is 0 Å². The first kappa shape index (κ1) is 20.5. The van der Waals surface area contributed by atoms with Gasteiger partial charge in [0.05, 0.1) is 0 Å². The molecule has 0 aliphatic rings. The zero-order valence-corrected chi connectivity index (χ0v) is 15.5. The Kier molecular flexibility index (Phi) is 11.9. The van der Waals surface area contributed by atoms with Crippen molar-refractivity contribution in [1.29, 1.82) is 0 Å². The molecule has 0 saturated carbocycles. The summed E-state index contributed by atoms with van der Waals surface area (Å²) in [5.41, 5.74) is 7.73. The van der Waals surface area contributed by atoms with E-state index in [4.69, 9.17) is 5.73 Å². The molecule has 0 atom stereocenters. The van der Waals surface area contributed by atoms with Crippen LogP contribution in [0.5, 0.6) is 0 Å². The standard InChI is InChI=1S/C21H36N2O/c1-2-3-4-5-6-7-8-9-10-13-18-23-21(24)17-16-19-14-11-12-15-20(19)22/h11-12,14-15H,2-10,13,16-18,22H2,1H3,(H,23,24). The number of amides is 1. The fourth-order valence-corrected chi connectivity index (χ4v) is 2.94. The molecule has 0 spiro atoms. The molecule has 1 rings (SSSR count). The average Bonchev–Trinajstić information content (AvgIpc) is 2.59. The third-order valence-electron chi connectivity index (χ3n) is 4.53. The van der Waals surface area contributed by atoms with Gasteiger partial charge >= 0.3 is 0 Å². The smallest absolute Gasteiger partial charge is 0.220 e. The maximum atomic E-state index is 11.8. The molecule has 24 heavy (non-hydrogen) atoms. The molecule has 0 unspecified atom stereocenters. The molecular weight excluding hydrogens is 296 g/mol. The molecule has 0 heterocycles. The predicted molar refractivity (Wildman–Crippen MR) is 104 cm³/mol. The van der Waals surface area contributed by atoms with Gasteiger partial charge in [-0.1, -0.05) is 82.9 Å². The Balaban J connectivity index is 1.90. The number of carbonyl (C=O) groups excluding carboxylic acids is 1. The van der Waals surface area contributed by atoms with Gasteiger partial charge in [-0.05, 0) is 24.5 Å². The van der Waals surface area contributed by atoms with Crippen LogP contribution in [0.15, 0.2) is 24.3 Å². The largest absolute Gasteiger partial charge is 0.399 e. The summed E-state index contributed by atoms with van der Waals surface area (Å²) in [5, 5.41) is 3.02. The number of nitrogen functional groups attached to an aromatic ring is 1. The highest BCUT2D eigenvalue weighted by Crippen LogP contribution is 2.12. The number of hydrogen-bond acceptors (Lipinski definition) is 2. The van der Waals surface area contributed by atoms with Crippen molar-refractivity contribution in [3.05, 3.63) is 29.8 Å². The molecule has 0 bridgehead atoms. The minimum atomic E-state index is 0.133. The summed E-state index contributed by atoms with van der Waals surface area (Å²) in [6, 6.07) is 7.76. The number of unbranched alkanes of at least 4 members (excludes halogenated alkanes) is 9. The Morgan fingerprint density at radius 3 is 2.12 bits per heavy atom. The number of aryl methyl sites for hydroxylation is 1. The lowest BCUT2D eigenvalue weighted by Crippen LogP contribution is -2.24. The molecule has 136 valence electrons. The van der Waals surface area contributed by atoms with E-state index in [1.165, 1.54) is 57.8 Å². The second-order valence-corrected chi connectivity index (χ2v) is 6.73. The van der Waals surface area contributed by atoms with Gasteiger partial charge in [-0.25, -0.2) is 0 Å². The van der Waals surface area contributed by atoms with Crippen LogP contribution in [-0.2, 0) is 11.2 Å². The van der Waals surface area contributed by atoms with E-state index >= 15 is 0 Å². The molecule has 0 aliphatic carbocycles. The van der Waals surface area contributed by atoms with Gasteiger partial charge in [0.1, 0.15) is 0 Å². The number of hydrogen-bond donors (Lipinski definition) is 2. The number of nitrogens with two attached hydrogens (primary N) is 1. The summed E-state index contributed by atoms with van der Waals surface area (Å²) in [4.78, 5) is 11.8. The first-order valence-electron chi connectivity index (χ1n) is 9.84. The monoisotopic (exact) mass is 332 g/mol. The van der Waals surface area contributed by atoms with Gasteiger partial charge in [-0.15, -0.1) is 0 Å². The van der Waals surface area contributed by atoms with Crippen LogP contribution in [-0.4, -0.2) is 12.5 Å². The van der Waals surface area contributed by atoms with E-state index in [0.29, 0.717) is 6.42 Å². The number of carbonyl (C=O) groups is 1. The molecule has 0 saturated heterocycles. The van der Waals surface area contributed by atoms with Crippen LogP contribution < -0.4 is 11.1 Å². The first-order valence-corrected chi connectivity index (χ1v) is 9.84. The molecule has 3 N–H and O–H groups in total. The minimum absolute atomic E-state index is 0.133. The second-order valence-electron chi connectivity index (χ2n) is 6.73. The Morgan fingerprint density at radius 2 is 1.50 bits per heavy atom. The molecule has 0 radical (unpaired) electrons. The van der Waals surface area contributed by atoms with Gasteiger partial charge in [0.2, 0.25) is 5.91 Å². The molecule has 0 aliphatic heterocycles.